The first-order valence-corrected chi connectivity index (χ1v) is 15.0. The Labute approximate surface area is 227 Å². The molecule has 2 aliphatic rings. The van der Waals surface area contributed by atoms with E-state index in [1.54, 1.807) is 16.7 Å². The van der Waals surface area contributed by atoms with Crippen molar-refractivity contribution in [3.8, 4) is 11.1 Å². The van der Waals surface area contributed by atoms with Crippen molar-refractivity contribution in [1.29, 1.82) is 0 Å². The van der Waals surface area contributed by atoms with Gasteiger partial charge in [-0.25, -0.2) is 12.8 Å². The van der Waals surface area contributed by atoms with Crippen molar-refractivity contribution >= 4 is 44.6 Å². The highest BCUT2D eigenvalue weighted by atomic mass is 32.2. The molecular formula is C29H33FN4O4S. The average molecular weight is 553 g/mol. The second-order valence-corrected chi connectivity index (χ2v) is 13.3. The Morgan fingerprint density at radius 3 is 2.51 bits per heavy atom. The Morgan fingerprint density at radius 1 is 1.13 bits per heavy atom. The minimum Gasteiger partial charge on any atom is -0.382 e. The number of carbonyl (C=O) groups excluding carboxylic acids is 2. The molecule has 2 heterocycles. The third kappa shape index (κ3) is 5.61. The molecule has 2 aromatic carbocycles. The van der Waals surface area contributed by atoms with Gasteiger partial charge in [0.05, 0.1) is 17.3 Å². The molecule has 39 heavy (non-hydrogen) atoms. The number of nitrogens with zero attached hydrogens (tertiary/aromatic N) is 2. The fourth-order valence-electron chi connectivity index (χ4n) is 5.96. The highest BCUT2D eigenvalue weighted by Gasteiger charge is 2.35. The van der Waals surface area contributed by atoms with Crippen LogP contribution in [0, 0.1) is 17.2 Å². The van der Waals surface area contributed by atoms with Gasteiger partial charge in [0.15, 0.2) is 0 Å². The number of anilines is 1. The average Bonchev–Trinajstić information content (AvgIpc) is 3.15. The molecule has 0 atom stereocenters. The highest BCUT2D eigenvalue weighted by molar-refractivity contribution is 7.89. The lowest BCUT2D eigenvalue weighted by atomic mass is 9.80. The zero-order chi connectivity index (χ0) is 28.1. The first kappa shape index (κ1) is 27.1. The highest BCUT2D eigenvalue weighted by Crippen LogP contribution is 2.43. The maximum Gasteiger partial charge on any atom is 0.250 e. The number of hydrogen-bond acceptors (Lipinski definition) is 5. The van der Waals surface area contributed by atoms with E-state index >= 15 is 0 Å². The van der Waals surface area contributed by atoms with Crippen LogP contribution >= 0.6 is 0 Å². The van der Waals surface area contributed by atoms with E-state index in [0.717, 1.165) is 54.1 Å². The summed E-state index contributed by atoms with van der Waals surface area (Å²) in [7, 11) is -3.40. The van der Waals surface area contributed by atoms with Crippen molar-refractivity contribution in [2.24, 2.45) is 21.5 Å². The lowest BCUT2D eigenvalue weighted by Crippen LogP contribution is -2.31. The van der Waals surface area contributed by atoms with E-state index < -0.39 is 21.7 Å². The summed E-state index contributed by atoms with van der Waals surface area (Å²) in [5.41, 5.74) is 9.48. The zero-order valence-corrected chi connectivity index (χ0v) is 23.1. The van der Waals surface area contributed by atoms with E-state index in [4.69, 9.17) is 5.73 Å². The van der Waals surface area contributed by atoms with Crippen LogP contribution in [0.25, 0.3) is 22.0 Å². The van der Waals surface area contributed by atoms with Gasteiger partial charge < -0.3 is 11.1 Å². The predicted octanol–water partition coefficient (Wildman–Crippen LogP) is 5.16. The van der Waals surface area contributed by atoms with Crippen LogP contribution in [0.5, 0.6) is 0 Å². The van der Waals surface area contributed by atoms with Gasteiger partial charge in [-0.3, -0.25) is 14.2 Å². The summed E-state index contributed by atoms with van der Waals surface area (Å²) in [5.74, 6) is -0.942. The van der Waals surface area contributed by atoms with E-state index in [1.807, 2.05) is 12.1 Å². The summed E-state index contributed by atoms with van der Waals surface area (Å²) < 4.78 is 42.3. The SMILES string of the molecule is CC1(C)CC(=O)n2c(c(-c3ccc(C(N)=O)c(NC4CCC(/C=N/S(C)(=O)=O)CC4)c3)c3ccc(F)cc32)C1. The van der Waals surface area contributed by atoms with Crippen LogP contribution in [0.2, 0.25) is 0 Å². The monoisotopic (exact) mass is 552 g/mol. The molecule has 0 radical (unpaired) electrons. The number of carbonyl (C=O) groups is 2. The Balaban J connectivity index is 1.52. The molecule has 1 fully saturated rings. The van der Waals surface area contributed by atoms with Crippen molar-refractivity contribution in [3.05, 3.63) is 53.5 Å². The summed E-state index contributed by atoms with van der Waals surface area (Å²) in [6.07, 6.45) is 6.69. The van der Waals surface area contributed by atoms with Gasteiger partial charge in [-0.15, -0.1) is 0 Å². The molecule has 10 heteroatoms. The van der Waals surface area contributed by atoms with Gasteiger partial charge in [0.25, 0.3) is 5.91 Å². The Morgan fingerprint density at radius 2 is 1.85 bits per heavy atom. The Kier molecular flexibility index (Phi) is 6.86. The third-order valence-corrected chi connectivity index (χ3v) is 8.23. The van der Waals surface area contributed by atoms with Crippen LogP contribution in [-0.2, 0) is 16.4 Å². The number of benzene rings is 2. The van der Waals surface area contributed by atoms with Crippen LogP contribution in [-0.4, -0.2) is 43.3 Å². The molecule has 1 aromatic heterocycles. The molecular weight excluding hydrogens is 519 g/mol. The fraction of sp³-hybridized carbons (Fsp3) is 0.414. The van der Waals surface area contributed by atoms with E-state index in [9.17, 15) is 22.4 Å². The van der Waals surface area contributed by atoms with Crippen LogP contribution in [0.3, 0.4) is 0 Å². The van der Waals surface area contributed by atoms with E-state index in [0.29, 0.717) is 29.6 Å². The van der Waals surface area contributed by atoms with Crippen molar-refractivity contribution < 1.29 is 22.4 Å². The van der Waals surface area contributed by atoms with E-state index in [-0.39, 0.29) is 23.3 Å². The first-order valence-electron chi connectivity index (χ1n) is 13.1. The van der Waals surface area contributed by atoms with E-state index in [2.05, 4.69) is 23.6 Å². The largest absolute Gasteiger partial charge is 0.382 e. The van der Waals surface area contributed by atoms with Crippen LogP contribution in [0.15, 0.2) is 40.8 Å². The summed E-state index contributed by atoms with van der Waals surface area (Å²) in [5, 5.41) is 4.27. The van der Waals surface area contributed by atoms with Gasteiger partial charge in [0.1, 0.15) is 5.82 Å². The van der Waals surface area contributed by atoms with Crippen molar-refractivity contribution in [2.75, 3.05) is 11.6 Å². The molecule has 1 amide bonds. The molecule has 8 nitrogen and oxygen atoms in total. The summed E-state index contributed by atoms with van der Waals surface area (Å²) in [6.45, 7) is 4.10. The molecule has 1 aliphatic heterocycles. The summed E-state index contributed by atoms with van der Waals surface area (Å²) in [6, 6.07) is 9.99. The number of nitrogens with two attached hydrogens (primary N) is 1. The normalized spacial score (nSPS) is 21.3. The molecule has 0 spiro atoms. The number of amides is 1. The van der Waals surface area contributed by atoms with Crippen LogP contribution in [0.4, 0.5) is 10.1 Å². The molecule has 1 saturated carbocycles. The predicted molar refractivity (Wildman–Crippen MR) is 151 cm³/mol. The molecule has 1 aliphatic carbocycles. The number of halogens is 1. The first-order chi connectivity index (χ1) is 18.3. The minimum atomic E-state index is -3.40. The molecule has 206 valence electrons. The maximum atomic E-state index is 14.3. The number of aromatic nitrogens is 1. The maximum absolute atomic E-state index is 14.3. The second-order valence-electron chi connectivity index (χ2n) is 11.6. The van der Waals surface area contributed by atoms with E-state index in [1.165, 1.54) is 18.3 Å². The van der Waals surface area contributed by atoms with Gasteiger partial charge >= 0.3 is 0 Å². The van der Waals surface area contributed by atoms with Crippen LogP contribution < -0.4 is 11.1 Å². The number of rotatable bonds is 6. The lowest BCUT2D eigenvalue weighted by molar-refractivity contribution is 0.0816. The van der Waals surface area contributed by atoms with Crippen molar-refractivity contribution in [1.82, 2.24) is 4.57 Å². The van der Waals surface area contributed by atoms with Gasteiger partial charge in [-0.2, -0.15) is 4.40 Å². The lowest BCUT2D eigenvalue weighted by Gasteiger charge is -2.31. The van der Waals surface area contributed by atoms with Gasteiger partial charge in [0, 0.05) is 41.0 Å². The molecule has 0 unspecified atom stereocenters. The Bertz CT molecular complexity index is 1620. The number of primary amides is 1. The van der Waals surface area contributed by atoms with Gasteiger partial charge in [-0.05, 0) is 79.3 Å². The number of sulfonamides is 1. The Hall–Kier alpha value is -3.53. The molecule has 0 saturated heterocycles. The molecule has 0 bridgehead atoms. The quantitative estimate of drug-likeness (QED) is 0.409. The van der Waals surface area contributed by atoms with Crippen molar-refractivity contribution in [2.45, 2.75) is 58.4 Å². The topological polar surface area (TPSA) is 124 Å². The van der Waals surface area contributed by atoms with Gasteiger partial charge in [-0.1, -0.05) is 19.9 Å². The zero-order valence-electron chi connectivity index (χ0n) is 22.3. The van der Waals surface area contributed by atoms with Gasteiger partial charge in [0.2, 0.25) is 15.9 Å². The standard InChI is InChI=1S/C29H33FN4O4S/c1-29(2)14-25-27(22-11-7-19(30)13-24(22)34(25)26(35)15-29)18-6-10-21(28(31)36)23(12-18)33-20-8-4-17(5-9-20)16-32-39(3,37)38/h6-7,10-13,16-17,20,33H,4-5,8-9,14-15H2,1-3H3,(H2,31,36)/b32-16+. The van der Waals surface area contributed by atoms with Crippen molar-refractivity contribution in [3.63, 3.8) is 0 Å². The molecule has 3 N–H and O–H groups in total. The molecule has 5 rings (SSSR count). The smallest absolute Gasteiger partial charge is 0.250 e. The number of nitrogens with one attached hydrogen (secondary N) is 1. The summed E-state index contributed by atoms with van der Waals surface area (Å²) >= 11 is 0. The number of fused-ring (bicyclic) bond motifs is 3. The third-order valence-electron chi connectivity index (χ3n) is 7.72. The second kappa shape index (κ2) is 9.89. The minimum absolute atomic E-state index is 0.0635. The summed E-state index contributed by atoms with van der Waals surface area (Å²) in [4.78, 5) is 25.5. The molecule has 3 aromatic rings. The fourth-order valence-corrected chi connectivity index (χ4v) is 6.35. The van der Waals surface area contributed by atoms with Crippen LogP contribution in [0.1, 0.15) is 66.8 Å². The number of hydrogen-bond donors (Lipinski definition) is 2.